The average Bonchev–Trinajstić information content (AvgIpc) is 2.56. The molecule has 0 saturated carbocycles. The van der Waals surface area contributed by atoms with Gasteiger partial charge < -0.3 is 5.73 Å². The molecule has 0 bridgehead atoms. The molecule has 0 saturated heterocycles. The molecule has 0 fully saturated rings. The first-order chi connectivity index (χ1) is 6.74. The largest absolute Gasteiger partial charge is 0.396 e. The van der Waals surface area contributed by atoms with Crippen molar-refractivity contribution in [3.05, 3.63) is 45.8 Å². The molecule has 1 aromatic heterocycles. The first kappa shape index (κ1) is 9.51. The fourth-order valence-electron chi connectivity index (χ4n) is 1.24. The van der Waals surface area contributed by atoms with E-state index in [2.05, 4.69) is 52.0 Å². The Morgan fingerprint density at radius 2 is 2.00 bits per heavy atom. The topological polar surface area (TPSA) is 43.8 Å². The second-order valence-corrected chi connectivity index (χ2v) is 4.34. The number of aromatic nitrogens is 2. The molecule has 0 atom stereocenters. The number of nitrogens with two attached hydrogens (primary N) is 1. The molecule has 0 aliphatic rings. The van der Waals surface area contributed by atoms with Crippen LogP contribution < -0.4 is 5.73 Å². The van der Waals surface area contributed by atoms with Crippen molar-refractivity contribution in [3.8, 4) is 0 Å². The van der Waals surface area contributed by atoms with E-state index >= 15 is 0 Å². The van der Waals surface area contributed by atoms with Crippen LogP contribution in [-0.2, 0) is 6.54 Å². The minimum absolute atomic E-state index is 0.704. The van der Waals surface area contributed by atoms with Crippen molar-refractivity contribution >= 4 is 28.3 Å². The molecular weight excluding hydrogens is 289 g/mol. The lowest BCUT2D eigenvalue weighted by atomic mass is 10.2. The Bertz CT molecular complexity index is 419. The first-order valence-corrected chi connectivity index (χ1v) is 5.34. The Morgan fingerprint density at radius 1 is 1.29 bits per heavy atom. The third-order valence-electron chi connectivity index (χ3n) is 1.91. The SMILES string of the molecule is Nc1cnn(Cc2ccc(I)cc2)c1. The molecular formula is C10H10IN3. The van der Waals surface area contributed by atoms with E-state index in [1.807, 2.05) is 10.9 Å². The molecule has 1 aromatic carbocycles. The number of nitrogen functional groups attached to an aromatic ring is 1. The molecule has 0 unspecified atom stereocenters. The maximum atomic E-state index is 5.57. The molecule has 0 radical (unpaired) electrons. The van der Waals surface area contributed by atoms with Crippen molar-refractivity contribution in [2.24, 2.45) is 0 Å². The number of hydrogen-bond donors (Lipinski definition) is 1. The van der Waals surface area contributed by atoms with E-state index in [1.54, 1.807) is 6.20 Å². The van der Waals surface area contributed by atoms with Crippen LogP contribution in [-0.4, -0.2) is 9.78 Å². The van der Waals surface area contributed by atoms with Crippen LogP contribution in [0.1, 0.15) is 5.56 Å². The highest BCUT2D eigenvalue weighted by Gasteiger charge is 1.96. The monoisotopic (exact) mass is 299 g/mol. The summed E-state index contributed by atoms with van der Waals surface area (Å²) in [5, 5.41) is 4.12. The maximum absolute atomic E-state index is 5.57. The Labute approximate surface area is 96.1 Å². The highest BCUT2D eigenvalue weighted by Crippen LogP contribution is 2.08. The van der Waals surface area contributed by atoms with Crippen molar-refractivity contribution in [3.63, 3.8) is 0 Å². The highest BCUT2D eigenvalue weighted by atomic mass is 127. The predicted octanol–water partition coefficient (Wildman–Crippen LogP) is 2.12. The summed E-state index contributed by atoms with van der Waals surface area (Å²) in [7, 11) is 0. The molecule has 3 nitrogen and oxygen atoms in total. The van der Waals surface area contributed by atoms with Crippen LogP contribution in [0.5, 0.6) is 0 Å². The molecule has 0 aliphatic heterocycles. The van der Waals surface area contributed by atoms with Crippen molar-refractivity contribution in [2.75, 3.05) is 5.73 Å². The van der Waals surface area contributed by atoms with Gasteiger partial charge in [-0.15, -0.1) is 0 Å². The second kappa shape index (κ2) is 4.00. The van der Waals surface area contributed by atoms with Gasteiger partial charge in [0.25, 0.3) is 0 Å². The molecule has 2 aromatic rings. The van der Waals surface area contributed by atoms with Crippen LogP contribution in [0, 0.1) is 3.57 Å². The Kier molecular flexibility index (Phi) is 2.72. The van der Waals surface area contributed by atoms with Gasteiger partial charge in [0.15, 0.2) is 0 Å². The van der Waals surface area contributed by atoms with E-state index in [0.717, 1.165) is 6.54 Å². The molecule has 2 rings (SSSR count). The zero-order valence-corrected chi connectivity index (χ0v) is 9.68. The van der Waals surface area contributed by atoms with Gasteiger partial charge in [0, 0.05) is 9.77 Å². The number of nitrogens with zero attached hydrogens (tertiary/aromatic N) is 2. The number of hydrogen-bond acceptors (Lipinski definition) is 2. The standard InChI is InChI=1S/C10H10IN3/c11-9-3-1-8(2-4-9)6-14-7-10(12)5-13-14/h1-5,7H,6,12H2. The third-order valence-corrected chi connectivity index (χ3v) is 2.63. The summed E-state index contributed by atoms with van der Waals surface area (Å²) in [6.07, 6.45) is 3.49. The van der Waals surface area contributed by atoms with Gasteiger partial charge in [-0.05, 0) is 40.3 Å². The van der Waals surface area contributed by atoms with Crippen LogP contribution in [0.25, 0.3) is 0 Å². The first-order valence-electron chi connectivity index (χ1n) is 4.26. The predicted molar refractivity (Wildman–Crippen MR) is 64.9 cm³/mol. The molecule has 2 N–H and O–H groups in total. The molecule has 1 heterocycles. The maximum Gasteiger partial charge on any atom is 0.0719 e. The number of anilines is 1. The molecule has 0 amide bonds. The normalized spacial score (nSPS) is 10.4. The third kappa shape index (κ3) is 2.25. The van der Waals surface area contributed by atoms with E-state index in [-0.39, 0.29) is 0 Å². The average molecular weight is 299 g/mol. The zero-order valence-electron chi connectivity index (χ0n) is 7.52. The summed E-state index contributed by atoms with van der Waals surface area (Å²) in [5.74, 6) is 0. The van der Waals surface area contributed by atoms with Crippen LogP contribution in [0.3, 0.4) is 0 Å². The van der Waals surface area contributed by atoms with Crippen molar-refractivity contribution in [1.82, 2.24) is 9.78 Å². The number of halogens is 1. The fourth-order valence-corrected chi connectivity index (χ4v) is 1.60. The summed E-state index contributed by atoms with van der Waals surface area (Å²) < 4.78 is 3.07. The van der Waals surface area contributed by atoms with Gasteiger partial charge in [-0.2, -0.15) is 5.10 Å². The fraction of sp³-hybridized carbons (Fsp3) is 0.100. The van der Waals surface area contributed by atoms with Crippen LogP contribution in [0.2, 0.25) is 0 Å². The quantitative estimate of drug-likeness (QED) is 0.863. The molecule has 0 aliphatic carbocycles. The lowest BCUT2D eigenvalue weighted by molar-refractivity contribution is 0.687. The van der Waals surface area contributed by atoms with Crippen LogP contribution >= 0.6 is 22.6 Å². The Morgan fingerprint density at radius 3 is 2.57 bits per heavy atom. The Balaban J connectivity index is 2.15. The van der Waals surface area contributed by atoms with Crippen molar-refractivity contribution in [1.29, 1.82) is 0 Å². The smallest absolute Gasteiger partial charge is 0.0719 e. The minimum atomic E-state index is 0.704. The summed E-state index contributed by atoms with van der Waals surface area (Å²) in [5.41, 5.74) is 7.51. The van der Waals surface area contributed by atoms with E-state index in [0.29, 0.717) is 5.69 Å². The summed E-state index contributed by atoms with van der Waals surface area (Å²) in [4.78, 5) is 0. The van der Waals surface area contributed by atoms with Crippen LogP contribution in [0.15, 0.2) is 36.7 Å². The molecule has 0 spiro atoms. The summed E-state index contributed by atoms with van der Waals surface area (Å²) in [6.45, 7) is 0.772. The molecule has 4 heteroatoms. The lowest BCUT2D eigenvalue weighted by Gasteiger charge is -2.01. The van der Waals surface area contributed by atoms with E-state index < -0.39 is 0 Å². The van der Waals surface area contributed by atoms with Gasteiger partial charge in [0.2, 0.25) is 0 Å². The summed E-state index contributed by atoms with van der Waals surface area (Å²) in [6, 6.07) is 8.37. The number of rotatable bonds is 2. The summed E-state index contributed by atoms with van der Waals surface area (Å²) >= 11 is 2.29. The van der Waals surface area contributed by atoms with Crippen molar-refractivity contribution < 1.29 is 0 Å². The van der Waals surface area contributed by atoms with E-state index in [1.165, 1.54) is 9.13 Å². The molecule has 72 valence electrons. The highest BCUT2D eigenvalue weighted by molar-refractivity contribution is 14.1. The zero-order chi connectivity index (χ0) is 9.97. The van der Waals surface area contributed by atoms with Crippen molar-refractivity contribution in [2.45, 2.75) is 6.54 Å². The van der Waals surface area contributed by atoms with E-state index in [9.17, 15) is 0 Å². The second-order valence-electron chi connectivity index (χ2n) is 3.10. The lowest BCUT2D eigenvalue weighted by Crippen LogP contribution is -1.99. The van der Waals surface area contributed by atoms with Gasteiger partial charge >= 0.3 is 0 Å². The van der Waals surface area contributed by atoms with Gasteiger partial charge in [-0.3, -0.25) is 4.68 Å². The minimum Gasteiger partial charge on any atom is -0.396 e. The van der Waals surface area contributed by atoms with Gasteiger partial charge in [-0.25, -0.2) is 0 Å². The molecule has 14 heavy (non-hydrogen) atoms. The Hall–Kier alpha value is -1.04. The van der Waals surface area contributed by atoms with Gasteiger partial charge in [0.05, 0.1) is 18.4 Å². The van der Waals surface area contributed by atoms with E-state index in [4.69, 9.17) is 5.73 Å². The van der Waals surface area contributed by atoms with Crippen LogP contribution in [0.4, 0.5) is 5.69 Å². The van der Waals surface area contributed by atoms with Gasteiger partial charge in [-0.1, -0.05) is 12.1 Å². The number of benzene rings is 1. The van der Waals surface area contributed by atoms with Gasteiger partial charge in [0.1, 0.15) is 0 Å².